The van der Waals surface area contributed by atoms with Gasteiger partial charge < -0.3 is 10.2 Å². The van der Waals surface area contributed by atoms with Crippen LogP contribution >= 0.6 is 31.9 Å². The third-order valence-corrected chi connectivity index (χ3v) is 3.78. The van der Waals surface area contributed by atoms with E-state index in [1.165, 1.54) is 0 Å². The highest BCUT2D eigenvalue weighted by Crippen LogP contribution is 2.27. The van der Waals surface area contributed by atoms with Gasteiger partial charge in [-0.15, -0.1) is 0 Å². The van der Waals surface area contributed by atoms with E-state index >= 15 is 0 Å². The number of furan rings is 1. The first-order valence-corrected chi connectivity index (χ1v) is 5.88. The van der Waals surface area contributed by atoms with Gasteiger partial charge in [-0.1, -0.05) is 0 Å². The SMILES string of the molecule is Cc1cnn(Cc2cc(Br)c(Br)o2)c1N. The molecule has 0 aromatic carbocycles. The van der Waals surface area contributed by atoms with Crippen molar-refractivity contribution in [3.8, 4) is 0 Å². The van der Waals surface area contributed by atoms with E-state index in [0.29, 0.717) is 17.0 Å². The number of rotatable bonds is 2. The molecule has 80 valence electrons. The summed E-state index contributed by atoms with van der Waals surface area (Å²) in [4.78, 5) is 0. The number of aromatic nitrogens is 2. The lowest BCUT2D eigenvalue weighted by molar-refractivity contribution is 0.463. The molecule has 0 saturated carbocycles. The molecule has 0 atom stereocenters. The summed E-state index contributed by atoms with van der Waals surface area (Å²) in [6.07, 6.45) is 1.74. The van der Waals surface area contributed by atoms with Gasteiger partial charge in [-0.3, -0.25) is 0 Å². The largest absolute Gasteiger partial charge is 0.451 e. The van der Waals surface area contributed by atoms with Crippen molar-refractivity contribution in [2.45, 2.75) is 13.5 Å². The number of halogens is 2. The van der Waals surface area contributed by atoms with Gasteiger partial charge in [-0.25, -0.2) is 4.68 Å². The van der Waals surface area contributed by atoms with E-state index in [0.717, 1.165) is 15.8 Å². The van der Waals surface area contributed by atoms with Crippen LogP contribution in [-0.4, -0.2) is 9.78 Å². The molecule has 0 spiro atoms. The zero-order chi connectivity index (χ0) is 11.0. The lowest BCUT2D eigenvalue weighted by Gasteiger charge is -2.00. The van der Waals surface area contributed by atoms with E-state index < -0.39 is 0 Å². The quantitative estimate of drug-likeness (QED) is 0.918. The number of nitrogens with two attached hydrogens (primary N) is 1. The Morgan fingerprint density at radius 3 is 2.73 bits per heavy atom. The van der Waals surface area contributed by atoms with Gasteiger partial charge in [0.2, 0.25) is 0 Å². The summed E-state index contributed by atoms with van der Waals surface area (Å²) < 4.78 is 8.71. The molecular formula is C9H9Br2N3O. The number of nitrogen functional groups attached to an aromatic ring is 1. The fraction of sp³-hybridized carbons (Fsp3) is 0.222. The van der Waals surface area contributed by atoms with Crippen LogP contribution in [0.2, 0.25) is 0 Å². The molecule has 6 heteroatoms. The first-order chi connectivity index (χ1) is 7.08. The second-order valence-corrected chi connectivity index (χ2v) is 4.78. The zero-order valence-corrected chi connectivity index (χ0v) is 11.2. The average molecular weight is 335 g/mol. The molecule has 0 unspecified atom stereocenters. The normalized spacial score (nSPS) is 10.9. The molecule has 0 bridgehead atoms. The van der Waals surface area contributed by atoms with Gasteiger partial charge in [0.1, 0.15) is 18.1 Å². The van der Waals surface area contributed by atoms with Crippen LogP contribution in [0.15, 0.2) is 25.8 Å². The second kappa shape index (κ2) is 4.02. The van der Waals surface area contributed by atoms with Gasteiger partial charge in [0.05, 0.1) is 10.7 Å². The summed E-state index contributed by atoms with van der Waals surface area (Å²) in [5, 5.41) is 4.15. The average Bonchev–Trinajstić information content (AvgIpc) is 2.65. The molecule has 2 aromatic heterocycles. The van der Waals surface area contributed by atoms with Crippen molar-refractivity contribution in [3.05, 3.63) is 32.7 Å². The molecule has 0 aliphatic carbocycles. The van der Waals surface area contributed by atoms with E-state index in [1.54, 1.807) is 10.9 Å². The fourth-order valence-corrected chi connectivity index (χ4v) is 1.89. The Labute approximate surface area is 104 Å². The molecule has 0 radical (unpaired) electrons. The Morgan fingerprint density at radius 2 is 2.27 bits per heavy atom. The minimum absolute atomic E-state index is 0.532. The molecule has 2 heterocycles. The van der Waals surface area contributed by atoms with Crippen LogP contribution in [0.3, 0.4) is 0 Å². The van der Waals surface area contributed by atoms with Crippen LogP contribution < -0.4 is 5.73 Å². The van der Waals surface area contributed by atoms with E-state index in [1.807, 2.05) is 13.0 Å². The molecule has 2 N–H and O–H groups in total. The predicted octanol–water partition coefficient (Wildman–Crippen LogP) is 2.94. The molecule has 0 saturated heterocycles. The summed E-state index contributed by atoms with van der Waals surface area (Å²) in [5.41, 5.74) is 6.80. The molecule has 4 nitrogen and oxygen atoms in total. The van der Waals surface area contributed by atoms with Gasteiger partial charge in [-0.05, 0) is 44.8 Å². The second-order valence-electron chi connectivity index (χ2n) is 3.20. The van der Waals surface area contributed by atoms with Crippen molar-refractivity contribution < 1.29 is 4.42 Å². The van der Waals surface area contributed by atoms with Crippen LogP contribution in [0.25, 0.3) is 0 Å². The third-order valence-electron chi connectivity index (χ3n) is 2.07. The predicted molar refractivity (Wildman–Crippen MR) is 64.6 cm³/mol. The fourth-order valence-electron chi connectivity index (χ4n) is 1.23. The molecule has 0 fully saturated rings. The number of aryl methyl sites for hydroxylation is 1. The van der Waals surface area contributed by atoms with Crippen LogP contribution in [0, 0.1) is 6.92 Å². The van der Waals surface area contributed by atoms with Crippen LogP contribution in [0.5, 0.6) is 0 Å². The van der Waals surface area contributed by atoms with Crippen molar-refractivity contribution in [1.29, 1.82) is 0 Å². The summed E-state index contributed by atoms with van der Waals surface area (Å²) in [6.45, 7) is 2.46. The molecule has 0 amide bonds. The highest BCUT2D eigenvalue weighted by molar-refractivity contribution is 9.13. The Kier molecular flexibility index (Phi) is 2.88. The minimum atomic E-state index is 0.532. The van der Waals surface area contributed by atoms with Gasteiger partial charge in [-0.2, -0.15) is 5.10 Å². The lowest BCUT2D eigenvalue weighted by atomic mass is 10.4. The number of nitrogens with zero attached hydrogens (tertiary/aromatic N) is 2. The number of hydrogen-bond donors (Lipinski definition) is 1. The van der Waals surface area contributed by atoms with E-state index in [4.69, 9.17) is 10.2 Å². The molecule has 0 aliphatic heterocycles. The van der Waals surface area contributed by atoms with E-state index in [9.17, 15) is 0 Å². The molecule has 2 aromatic rings. The topological polar surface area (TPSA) is 57.0 Å². The summed E-state index contributed by atoms with van der Waals surface area (Å²) in [5.74, 6) is 1.46. The zero-order valence-electron chi connectivity index (χ0n) is 8.00. The first kappa shape index (κ1) is 10.8. The summed E-state index contributed by atoms with van der Waals surface area (Å²) in [7, 11) is 0. The maximum atomic E-state index is 5.83. The van der Waals surface area contributed by atoms with Crippen molar-refractivity contribution >= 4 is 37.7 Å². The van der Waals surface area contributed by atoms with Gasteiger partial charge in [0, 0.05) is 5.56 Å². The third kappa shape index (κ3) is 2.10. The van der Waals surface area contributed by atoms with Crippen LogP contribution in [0.4, 0.5) is 5.82 Å². The smallest absolute Gasteiger partial charge is 0.183 e. The van der Waals surface area contributed by atoms with Gasteiger partial charge >= 0.3 is 0 Å². The van der Waals surface area contributed by atoms with Crippen molar-refractivity contribution in [2.24, 2.45) is 0 Å². The lowest BCUT2D eigenvalue weighted by Crippen LogP contribution is -2.05. The van der Waals surface area contributed by atoms with Gasteiger partial charge in [0.25, 0.3) is 0 Å². The molecule has 2 rings (SSSR count). The standard InChI is InChI=1S/C9H9Br2N3O/c1-5-3-13-14(9(5)12)4-6-2-7(10)8(11)15-6/h2-3H,4,12H2,1H3. The summed E-state index contributed by atoms with van der Waals surface area (Å²) in [6, 6.07) is 1.89. The first-order valence-electron chi connectivity index (χ1n) is 4.29. The van der Waals surface area contributed by atoms with E-state index in [-0.39, 0.29) is 0 Å². The Morgan fingerprint density at radius 1 is 1.53 bits per heavy atom. The maximum Gasteiger partial charge on any atom is 0.183 e. The molecular weight excluding hydrogens is 326 g/mol. The Balaban J connectivity index is 2.25. The van der Waals surface area contributed by atoms with Crippen LogP contribution in [-0.2, 0) is 6.54 Å². The molecule has 15 heavy (non-hydrogen) atoms. The minimum Gasteiger partial charge on any atom is -0.451 e. The van der Waals surface area contributed by atoms with Crippen molar-refractivity contribution in [3.63, 3.8) is 0 Å². The highest BCUT2D eigenvalue weighted by atomic mass is 79.9. The van der Waals surface area contributed by atoms with Crippen molar-refractivity contribution in [1.82, 2.24) is 9.78 Å². The number of hydrogen-bond acceptors (Lipinski definition) is 3. The summed E-state index contributed by atoms with van der Waals surface area (Å²) >= 11 is 6.63. The Hall–Kier alpha value is -0.750. The van der Waals surface area contributed by atoms with Crippen molar-refractivity contribution in [2.75, 3.05) is 5.73 Å². The monoisotopic (exact) mass is 333 g/mol. The van der Waals surface area contributed by atoms with Gasteiger partial charge in [0.15, 0.2) is 4.67 Å². The number of anilines is 1. The van der Waals surface area contributed by atoms with Crippen LogP contribution in [0.1, 0.15) is 11.3 Å². The highest BCUT2D eigenvalue weighted by Gasteiger charge is 2.09. The van der Waals surface area contributed by atoms with E-state index in [2.05, 4.69) is 37.0 Å². The molecule has 0 aliphatic rings. The maximum absolute atomic E-state index is 5.83. The Bertz CT molecular complexity index is 470.